The first-order chi connectivity index (χ1) is 68.6. The summed E-state index contributed by atoms with van der Waals surface area (Å²) in [6.45, 7) is 17.7. The Morgan fingerprint density at radius 3 is 1.31 bits per heavy atom. The van der Waals surface area contributed by atoms with Crippen molar-refractivity contribution in [3.05, 3.63) is 144 Å². The van der Waals surface area contributed by atoms with Crippen LogP contribution in [0.15, 0.2) is 116 Å². The molecule has 0 aliphatic carbocycles. The number of benzene rings is 3. The summed E-state index contributed by atoms with van der Waals surface area (Å²) in [5.41, 5.74) is 14.9. The summed E-state index contributed by atoms with van der Waals surface area (Å²) in [5.74, 6) is -15.7. The second-order valence-electron chi connectivity index (χ2n) is 37.9. The highest BCUT2D eigenvalue weighted by Crippen LogP contribution is 2.25. The third-order valence-electron chi connectivity index (χ3n) is 24.9. The van der Waals surface area contributed by atoms with Gasteiger partial charge in [-0.05, 0) is 141 Å². The minimum absolute atomic E-state index is 0.0354. The number of hydrogen-bond donors (Lipinski definition) is 24. The monoisotopic (exact) mass is 2040 g/mol. The number of nitrogens with two attached hydrogens (primary N) is 2. The third-order valence-corrected chi connectivity index (χ3v) is 26.2. The summed E-state index contributed by atoms with van der Waals surface area (Å²) < 4.78 is 0. The van der Waals surface area contributed by atoms with Crippen molar-refractivity contribution in [1.29, 1.82) is 5.41 Å². The lowest BCUT2D eigenvalue weighted by Gasteiger charge is -2.32. The predicted molar refractivity (Wildman–Crippen MR) is 545 cm³/mol. The summed E-state index contributed by atoms with van der Waals surface area (Å²) in [4.78, 5) is 252. The van der Waals surface area contributed by atoms with E-state index in [4.69, 9.17) is 16.9 Å². The Labute approximate surface area is 848 Å². The number of carbonyl (C=O) groups is 16. The number of imidazole rings is 2. The second kappa shape index (κ2) is 59.9. The molecule has 790 valence electrons. The van der Waals surface area contributed by atoms with E-state index >= 15 is 28.8 Å². The van der Waals surface area contributed by atoms with Gasteiger partial charge in [-0.15, -0.1) is 0 Å². The van der Waals surface area contributed by atoms with E-state index in [1.54, 1.807) is 142 Å². The van der Waals surface area contributed by atoms with Crippen LogP contribution < -0.4 is 91.2 Å². The Kier molecular flexibility index (Phi) is 49.1. The van der Waals surface area contributed by atoms with E-state index in [1.165, 1.54) is 55.5 Å². The molecule has 0 radical (unpaired) electrons. The molecule has 6 aromatic rings. The molecule has 1 aliphatic heterocycles. The van der Waals surface area contributed by atoms with Gasteiger partial charge in [0.1, 0.15) is 90.6 Å². The number of rotatable bonds is 62. The van der Waals surface area contributed by atoms with Gasteiger partial charge in [0.15, 0.2) is 5.96 Å². The number of aliphatic hydroxyl groups is 2. The molecule has 0 bridgehead atoms. The summed E-state index contributed by atoms with van der Waals surface area (Å²) >= 11 is 2.89. The van der Waals surface area contributed by atoms with Crippen LogP contribution in [0.4, 0.5) is 0 Å². The number of aliphatic carboxylic acids is 1. The molecule has 4 heterocycles. The van der Waals surface area contributed by atoms with Crippen LogP contribution in [-0.4, -0.2) is 292 Å². The van der Waals surface area contributed by atoms with E-state index in [0.29, 0.717) is 52.4 Å². The predicted octanol–water partition coefficient (Wildman–Crippen LogP) is 0.691. The van der Waals surface area contributed by atoms with E-state index in [0.717, 1.165) is 15.8 Å². The molecule has 7 rings (SSSR count). The number of aromatic amines is 3. The van der Waals surface area contributed by atoms with E-state index in [-0.39, 0.29) is 127 Å². The molecule has 19 atom stereocenters. The highest BCUT2D eigenvalue weighted by atomic mass is 32.2. The molecule has 0 unspecified atom stereocenters. The van der Waals surface area contributed by atoms with Crippen LogP contribution in [0.25, 0.3) is 10.9 Å². The van der Waals surface area contributed by atoms with Crippen molar-refractivity contribution in [2.45, 2.75) is 282 Å². The number of nitrogens with zero attached hydrogens (tertiary/aromatic N) is 3. The number of likely N-dealkylation sites (tertiary alicyclic amines) is 1. The molecule has 0 saturated carbocycles. The molecule has 43 nitrogen and oxygen atoms in total. The minimum Gasteiger partial charge on any atom is -0.480 e. The summed E-state index contributed by atoms with van der Waals surface area (Å²) in [6, 6.07) is 1.51. The van der Waals surface area contributed by atoms with Gasteiger partial charge >= 0.3 is 5.97 Å². The maximum Gasteiger partial charge on any atom is 0.326 e. The Morgan fingerprint density at radius 1 is 0.458 bits per heavy atom. The van der Waals surface area contributed by atoms with Gasteiger partial charge in [-0.2, -0.15) is 23.5 Å². The fraction of sp³-hybridized carbons (Fsp3) is 0.566. The smallest absolute Gasteiger partial charge is 0.326 e. The number of carbonyl (C=O) groups excluding carboxylic acids is 15. The van der Waals surface area contributed by atoms with Gasteiger partial charge in [0.2, 0.25) is 88.6 Å². The van der Waals surface area contributed by atoms with Gasteiger partial charge in [-0.3, -0.25) is 77.3 Å². The van der Waals surface area contributed by atoms with Crippen LogP contribution in [0.5, 0.6) is 0 Å². The number of fused-ring (bicyclic) bond motifs is 1. The van der Waals surface area contributed by atoms with Crippen molar-refractivity contribution in [1.82, 2.24) is 110 Å². The Hall–Kier alpha value is -13.0. The van der Waals surface area contributed by atoms with Gasteiger partial charge in [-0.25, -0.2) is 14.8 Å². The molecule has 26 N–H and O–H groups in total. The van der Waals surface area contributed by atoms with Crippen molar-refractivity contribution < 1.29 is 92.0 Å². The normalized spacial score (nSPS) is 16.2. The lowest BCUT2D eigenvalue weighted by atomic mass is 9.95. The third kappa shape index (κ3) is 37.9. The number of thioether (sulfide) groups is 2. The van der Waals surface area contributed by atoms with Crippen LogP contribution in [-0.2, 0) is 109 Å². The maximum absolute atomic E-state index is 15.3. The molecule has 3 aromatic heterocycles. The van der Waals surface area contributed by atoms with Crippen molar-refractivity contribution in [3.63, 3.8) is 0 Å². The largest absolute Gasteiger partial charge is 0.480 e. The van der Waals surface area contributed by atoms with Crippen LogP contribution in [0.1, 0.15) is 175 Å². The lowest BCUT2D eigenvalue weighted by molar-refractivity contribution is -0.145. The molecule has 144 heavy (non-hydrogen) atoms. The average molecular weight is 2040 g/mol. The fourth-order valence-electron chi connectivity index (χ4n) is 16.5. The lowest BCUT2D eigenvalue weighted by Crippen LogP contribution is -2.63. The van der Waals surface area contributed by atoms with Crippen molar-refractivity contribution in [2.24, 2.45) is 41.1 Å². The molecule has 0 spiro atoms. The summed E-state index contributed by atoms with van der Waals surface area (Å²) in [7, 11) is 0. The molecular weight excluding hydrogens is 1890 g/mol. The molecule has 3 aromatic carbocycles. The number of para-hydroxylation sites is 1. The Bertz CT molecular complexity index is 5190. The van der Waals surface area contributed by atoms with Crippen LogP contribution in [0, 0.1) is 35.0 Å². The van der Waals surface area contributed by atoms with Crippen LogP contribution in [0.3, 0.4) is 0 Å². The summed E-state index contributed by atoms with van der Waals surface area (Å²) in [5, 5.41) is 81.4. The first-order valence-electron chi connectivity index (χ1n) is 49.0. The van der Waals surface area contributed by atoms with Gasteiger partial charge in [0.25, 0.3) is 0 Å². The number of aromatic nitrogens is 5. The zero-order valence-corrected chi connectivity index (χ0v) is 85.8. The number of amides is 15. The highest BCUT2D eigenvalue weighted by Gasteiger charge is 2.45. The SMILES string of the molecule is CC[C@H](C)[C@H](NC(=O)[C@H](Cc1c[nH]c2ccccc12)NC(=O)[C@H](CCSC)NC(=O)[C@H](Cc1cnc[nH]1)NC(=O)[C@@H](N)CCSC)C(=O)N[C@@H](CC(C)C)C(=O)N[C@@H](CO)C(=O)N[C@@H](CC(C)C)C(=O)N[C@@H](Cc1cnc[nH]1)C(=O)N[C@@H](Cc1ccccc1)C(=O)N[C@H](C(=O)N[C@@H](Cc1ccccc1)C(=O)N[C@H](C(=O)N1CCC[C@H]1C(=O)N[C@@H](CCCNC(=N)N)C(=O)N[C@@H](CC(C)C)C(=O)O)[C@@H](C)O)[C@@H](C)CC. The van der Waals surface area contributed by atoms with Gasteiger partial charge < -0.3 is 126 Å². The molecule has 1 saturated heterocycles. The molecular formula is C99H148N24O19S2. The second-order valence-corrected chi connectivity index (χ2v) is 39.9. The molecule has 1 fully saturated rings. The number of H-pyrrole nitrogens is 3. The molecule has 45 heteroatoms. The Balaban J connectivity index is 1.09. The highest BCUT2D eigenvalue weighted by molar-refractivity contribution is 7.98. The van der Waals surface area contributed by atoms with E-state index < -0.39 is 216 Å². The average Bonchev–Trinajstić information content (AvgIpc) is 1.65. The fourth-order valence-corrected chi connectivity index (χ4v) is 17.4. The quantitative estimate of drug-likeness (QED) is 0.0142. The van der Waals surface area contributed by atoms with Crippen molar-refractivity contribution in [2.75, 3.05) is 43.7 Å². The van der Waals surface area contributed by atoms with Crippen LogP contribution in [0.2, 0.25) is 0 Å². The van der Waals surface area contributed by atoms with E-state index in [1.807, 2.05) is 30.7 Å². The number of hydrogen-bond acceptors (Lipinski definition) is 24. The maximum atomic E-state index is 15.3. The number of carboxylic acids is 1. The number of guanidine groups is 1. The molecule has 1 aliphatic rings. The summed E-state index contributed by atoms with van der Waals surface area (Å²) in [6.07, 6.45) is 9.82. The van der Waals surface area contributed by atoms with Gasteiger partial charge in [0, 0.05) is 86.1 Å². The zero-order valence-electron chi connectivity index (χ0n) is 84.2. The van der Waals surface area contributed by atoms with E-state index in [2.05, 4.69) is 105 Å². The Morgan fingerprint density at radius 2 is 0.847 bits per heavy atom. The minimum atomic E-state index is -1.79. The van der Waals surface area contributed by atoms with Crippen molar-refractivity contribution in [3.8, 4) is 0 Å². The van der Waals surface area contributed by atoms with Gasteiger partial charge in [0.05, 0.1) is 31.4 Å². The van der Waals surface area contributed by atoms with Crippen LogP contribution >= 0.6 is 23.5 Å². The molecule has 15 amide bonds. The topological polar surface area (TPSA) is 667 Å². The number of nitrogens with one attached hydrogen (secondary N) is 19. The number of aliphatic hydroxyl groups excluding tert-OH is 2. The van der Waals surface area contributed by atoms with Crippen molar-refractivity contribution >= 4 is 135 Å². The standard InChI is InChI=1S/C99H148N24O19S2/c1-14-57(9)80(121-92(135)74(45-62-48-106-67-31-23-22-30-65(62)67)114-85(128)69(35-39-144-13)109-88(131)75(46-63-49-103-52-107-63)111-83(126)66(100)34-38-143-12)95(138)116-71(41-55(5)6)87(130)119-78(51-124)93(136)112-70(40-54(3)4)86(129)115-76(47-64-50-104-53-108-64)89(132)113-72(43-60-26-18-16-19-27-60)90(133)120-81(58(10)15-2)96(139)117-73(44-61-28-20-17-21-29-61)91(134)122-82(59(11)125)97(140)123-37-25-33-79(123)94(137)110-68(32-24-36-105-99(101)102)84(127)118-77(98(141)142)42-56(7)8/h16-23,26-31,48-50,52-59,66,68-82,106,124-125H,14-15,24-25,32-47,51,100H2,1-13H3,(H,103,107)(H,104,108)(H,109,131)(H,110,137)(H,111,126)(H,112,136)(H,113,132)(H,114,128)(H,115,129)(H,116,138)(H,117,139)(H,118,127)(H,119,130)(H,120,133)(H,121,135)(H,122,134)(H,141,142)(H4,101,102,105)/t57-,58-,59+,66-,68-,69-,70-,71-,72-,73-,74-,75-,76-,77-,78-,79-,80-,81-,82-/m0/s1. The zero-order chi connectivity index (χ0) is 106. The number of carboxylic acid groups (broad SMARTS) is 1. The van der Waals surface area contributed by atoms with Gasteiger partial charge in [-0.1, -0.05) is 161 Å². The first-order valence-corrected chi connectivity index (χ1v) is 51.8. The van der Waals surface area contributed by atoms with E-state index in [9.17, 15) is 63.3 Å². The first kappa shape index (κ1) is 118.